The van der Waals surface area contributed by atoms with Gasteiger partial charge < -0.3 is 8.82 Å². The molecule has 4 aromatic heterocycles. The highest BCUT2D eigenvalue weighted by atomic mass is 32.2. The van der Waals surface area contributed by atoms with Crippen molar-refractivity contribution in [1.29, 1.82) is 0 Å². The summed E-state index contributed by atoms with van der Waals surface area (Å²) < 4.78 is 36.5. The zero-order chi connectivity index (χ0) is 20.8. The van der Waals surface area contributed by atoms with Gasteiger partial charge in [-0.25, -0.2) is 13.4 Å². The first kappa shape index (κ1) is 19.4. The zero-order valence-corrected chi connectivity index (χ0v) is 17.6. The molecule has 0 radical (unpaired) electrons. The van der Waals surface area contributed by atoms with Gasteiger partial charge in [0.1, 0.15) is 16.3 Å². The van der Waals surface area contributed by atoms with E-state index in [1.165, 1.54) is 10.6 Å². The molecule has 4 aromatic rings. The summed E-state index contributed by atoms with van der Waals surface area (Å²) in [5, 5.41) is 4.48. The predicted molar refractivity (Wildman–Crippen MR) is 108 cm³/mol. The van der Waals surface area contributed by atoms with E-state index in [1.54, 1.807) is 37.7 Å². The Kier molecular flexibility index (Phi) is 4.79. The summed E-state index contributed by atoms with van der Waals surface area (Å²) in [5.41, 5.74) is 3.85. The van der Waals surface area contributed by atoms with Crippen molar-refractivity contribution < 1.29 is 12.8 Å². The fourth-order valence-corrected chi connectivity index (χ4v) is 4.96. The number of sulfonamides is 1. The molecule has 0 spiro atoms. The highest BCUT2D eigenvalue weighted by Gasteiger charge is 2.29. The van der Waals surface area contributed by atoms with Crippen LogP contribution in [0, 0.1) is 20.8 Å². The van der Waals surface area contributed by atoms with Gasteiger partial charge in [0.15, 0.2) is 0 Å². The first-order valence-corrected chi connectivity index (χ1v) is 10.7. The van der Waals surface area contributed by atoms with Crippen molar-refractivity contribution in [2.45, 2.75) is 38.8 Å². The molecule has 8 nitrogen and oxygen atoms in total. The standard InChI is InChI=1S/C20H23N5O3S/c1-14-7-8-19-21-17(11-24(19)10-14)12-25-16(3)20(15(2)22-25)29(26,27)23(4)13-18-6-5-9-28-18/h5-11H,12-13H2,1-4H3. The van der Waals surface area contributed by atoms with Crippen molar-refractivity contribution in [1.82, 2.24) is 23.5 Å². The zero-order valence-electron chi connectivity index (χ0n) is 16.8. The second-order valence-corrected chi connectivity index (χ2v) is 9.18. The molecule has 0 N–H and O–H groups in total. The van der Waals surface area contributed by atoms with Gasteiger partial charge in [0.05, 0.1) is 36.4 Å². The number of aryl methyl sites for hydroxylation is 2. The first-order chi connectivity index (χ1) is 13.8. The lowest BCUT2D eigenvalue weighted by Gasteiger charge is -2.16. The van der Waals surface area contributed by atoms with Crippen LogP contribution in [0.1, 0.15) is 28.4 Å². The summed E-state index contributed by atoms with van der Waals surface area (Å²) in [6.45, 7) is 6.06. The largest absolute Gasteiger partial charge is 0.468 e. The summed E-state index contributed by atoms with van der Waals surface area (Å²) >= 11 is 0. The van der Waals surface area contributed by atoms with Gasteiger partial charge in [-0.2, -0.15) is 9.40 Å². The molecule has 152 valence electrons. The van der Waals surface area contributed by atoms with Crippen LogP contribution in [0.25, 0.3) is 5.65 Å². The van der Waals surface area contributed by atoms with E-state index in [0.717, 1.165) is 16.9 Å². The molecule has 9 heteroatoms. The number of pyridine rings is 1. The Bertz CT molecular complexity index is 1270. The monoisotopic (exact) mass is 413 g/mol. The minimum Gasteiger partial charge on any atom is -0.468 e. The number of imidazole rings is 1. The second-order valence-electron chi connectivity index (χ2n) is 7.20. The highest BCUT2D eigenvalue weighted by molar-refractivity contribution is 7.89. The van der Waals surface area contributed by atoms with E-state index in [9.17, 15) is 8.42 Å². The van der Waals surface area contributed by atoms with Crippen molar-refractivity contribution in [2.24, 2.45) is 0 Å². The molecule has 29 heavy (non-hydrogen) atoms. The van der Waals surface area contributed by atoms with Gasteiger partial charge in [-0.3, -0.25) is 4.68 Å². The molecule has 0 fully saturated rings. The van der Waals surface area contributed by atoms with Gasteiger partial charge in [-0.15, -0.1) is 0 Å². The number of aromatic nitrogens is 4. The third-order valence-corrected chi connectivity index (χ3v) is 6.96. The van der Waals surface area contributed by atoms with E-state index < -0.39 is 10.0 Å². The Hall–Kier alpha value is -2.91. The molecular weight excluding hydrogens is 390 g/mol. The van der Waals surface area contributed by atoms with Gasteiger partial charge in [0, 0.05) is 19.4 Å². The van der Waals surface area contributed by atoms with Crippen LogP contribution in [-0.4, -0.2) is 38.9 Å². The van der Waals surface area contributed by atoms with Gasteiger partial charge in [0.2, 0.25) is 10.0 Å². The number of hydrogen-bond donors (Lipinski definition) is 0. The summed E-state index contributed by atoms with van der Waals surface area (Å²) in [5.74, 6) is 0.582. The topological polar surface area (TPSA) is 85.6 Å². The second kappa shape index (κ2) is 7.16. The molecule has 0 aromatic carbocycles. The summed E-state index contributed by atoms with van der Waals surface area (Å²) in [6.07, 6.45) is 5.48. The van der Waals surface area contributed by atoms with Crippen LogP contribution in [-0.2, 0) is 23.1 Å². The van der Waals surface area contributed by atoms with Crippen LogP contribution in [0.2, 0.25) is 0 Å². The van der Waals surface area contributed by atoms with Crippen molar-refractivity contribution in [3.63, 3.8) is 0 Å². The Morgan fingerprint density at radius 3 is 2.66 bits per heavy atom. The Balaban J connectivity index is 1.64. The molecule has 0 aliphatic heterocycles. The summed E-state index contributed by atoms with van der Waals surface area (Å²) in [7, 11) is -2.17. The van der Waals surface area contributed by atoms with E-state index in [0.29, 0.717) is 23.7 Å². The lowest BCUT2D eigenvalue weighted by atomic mass is 10.3. The van der Waals surface area contributed by atoms with Gasteiger partial charge in [0.25, 0.3) is 0 Å². The van der Waals surface area contributed by atoms with Crippen molar-refractivity contribution in [2.75, 3.05) is 7.05 Å². The Morgan fingerprint density at radius 2 is 1.93 bits per heavy atom. The van der Waals surface area contributed by atoms with Crippen LogP contribution in [0.15, 0.2) is 52.2 Å². The maximum atomic E-state index is 13.2. The van der Waals surface area contributed by atoms with E-state index >= 15 is 0 Å². The Labute approximate surface area is 169 Å². The van der Waals surface area contributed by atoms with E-state index in [-0.39, 0.29) is 11.4 Å². The number of fused-ring (bicyclic) bond motifs is 1. The molecule has 4 heterocycles. The SMILES string of the molecule is Cc1ccc2nc(Cn3nc(C)c(S(=O)(=O)N(C)Cc4ccco4)c3C)cn2c1. The minimum atomic E-state index is -3.71. The van der Waals surface area contributed by atoms with Crippen molar-refractivity contribution >= 4 is 15.7 Å². The lowest BCUT2D eigenvalue weighted by molar-refractivity contribution is 0.406. The highest BCUT2D eigenvalue weighted by Crippen LogP contribution is 2.24. The fraction of sp³-hybridized carbons (Fsp3) is 0.300. The number of hydrogen-bond acceptors (Lipinski definition) is 5. The molecule has 0 aliphatic carbocycles. The van der Waals surface area contributed by atoms with E-state index in [1.807, 2.05) is 35.9 Å². The van der Waals surface area contributed by atoms with Crippen molar-refractivity contribution in [3.05, 3.63) is 71.3 Å². The molecule has 0 aliphatic rings. The average Bonchev–Trinajstić information content (AvgIpc) is 3.35. The quantitative estimate of drug-likeness (QED) is 0.485. The predicted octanol–water partition coefficient (Wildman–Crippen LogP) is 2.92. The third-order valence-electron chi connectivity index (χ3n) is 4.90. The first-order valence-electron chi connectivity index (χ1n) is 9.22. The van der Waals surface area contributed by atoms with Gasteiger partial charge in [-0.05, 0) is 44.5 Å². The van der Waals surface area contributed by atoms with Crippen LogP contribution in [0.4, 0.5) is 0 Å². The van der Waals surface area contributed by atoms with Crippen LogP contribution >= 0.6 is 0 Å². The van der Waals surface area contributed by atoms with E-state index in [4.69, 9.17) is 4.42 Å². The third kappa shape index (κ3) is 3.58. The number of rotatable bonds is 6. The molecule has 0 bridgehead atoms. The fourth-order valence-electron chi connectivity index (χ4n) is 3.46. The maximum Gasteiger partial charge on any atom is 0.246 e. The van der Waals surface area contributed by atoms with Gasteiger partial charge in [-0.1, -0.05) is 6.07 Å². The molecule has 4 rings (SSSR count). The van der Waals surface area contributed by atoms with Gasteiger partial charge >= 0.3 is 0 Å². The lowest BCUT2D eigenvalue weighted by Crippen LogP contribution is -2.27. The molecule has 0 unspecified atom stereocenters. The Morgan fingerprint density at radius 1 is 1.14 bits per heavy atom. The normalized spacial score (nSPS) is 12.3. The van der Waals surface area contributed by atoms with Crippen molar-refractivity contribution in [3.8, 4) is 0 Å². The molecule has 0 atom stereocenters. The molecule has 0 saturated heterocycles. The number of furan rings is 1. The molecule has 0 amide bonds. The summed E-state index contributed by atoms with van der Waals surface area (Å²) in [6, 6.07) is 7.45. The van der Waals surface area contributed by atoms with Crippen LogP contribution in [0.5, 0.6) is 0 Å². The average molecular weight is 414 g/mol. The molecular formula is C20H23N5O3S. The smallest absolute Gasteiger partial charge is 0.246 e. The summed E-state index contributed by atoms with van der Waals surface area (Å²) in [4.78, 5) is 4.83. The van der Waals surface area contributed by atoms with Crippen LogP contribution in [0.3, 0.4) is 0 Å². The van der Waals surface area contributed by atoms with E-state index in [2.05, 4.69) is 10.1 Å². The minimum absolute atomic E-state index is 0.158. The number of nitrogens with zero attached hydrogens (tertiary/aromatic N) is 5. The molecule has 0 saturated carbocycles. The van der Waals surface area contributed by atoms with Crippen LogP contribution < -0.4 is 0 Å². The maximum absolute atomic E-state index is 13.2.